The van der Waals surface area contributed by atoms with E-state index in [0.717, 1.165) is 11.3 Å². The minimum Gasteiger partial charge on any atom is -0.497 e. The molecule has 0 saturated carbocycles. The van der Waals surface area contributed by atoms with Gasteiger partial charge in [0.15, 0.2) is 0 Å². The van der Waals surface area contributed by atoms with Gasteiger partial charge in [0.1, 0.15) is 5.75 Å². The Labute approximate surface area is 158 Å². The van der Waals surface area contributed by atoms with Gasteiger partial charge in [-0.25, -0.2) is 9.97 Å². The summed E-state index contributed by atoms with van der Waals surface area (Å²) in [6, 6.07) is 9.07. The van der Waals surface area contributed by atoms with Crippen molar-refractivity contribution in [3.05, 3.63) is 48.3 Å². The van der Waals surface area contributed by atoms with Crippen molar-refractivity contribution in [2.24, 2.45) is 0 Å². The van der Waals surface area contributed by atoms with Crippen molar-refractivity contribution in [3.63, 3.8) is 0 Å². The lowest BCUT2D eigenvalue weighted by molar-refractivity contribution is -0.133. The van der Waals surface area contributed by atoms with Crippen molar-refractivity contribution in [2.75, 3.05) is 44.7 Å². The van der Waals surface area contributed by atoms with Crippen LogP contribution in [0.3, 0.4) is 0 Å². The van der Waals surface area contributed by atoms with E-state index in [0.29, 0.717) is 32.1 Å². The second-order valence-electron chi connectivity index (χ2n) is 6.22. The van der Waals surface area contributed by atoms with Crippen molar-refractivity contribution in [1.29, 1.82) is 0 Å². The Bertz CT molecular complexity index is 759. The monoisotopic (exact) mass is 369 g/mol. The number of rotatable bonds is 6. The van der Waals surface area contributed by atoms with Crippen LogP contribution in [-0.2, 0) is 16.0 Å². The molecule has 0 spiro atoms. The second kappa shape index (κ2) is 8.98. The number of nitrogens with zero attached hydrogens (tertiary/aromatic N) is 4. The molecule has 3 rings (SSSR count). The molecule has 142 valence electrons. The van der Waals surface area contributed by atoms with Gasteiger partial charge in [0.2, 0.25) is 17.8 Å². The van der Waals surface area contributed by atoms with Crippen molar-refractivity contribution < 1.29 is 14.3 Å². The number of aromatic nitrogens is 2. The second-order valence-corrected chi connectivity index (χ2v) is 6.22. The van der Waals surface area contributed by atoms with Crippen molar-refractivity contribution in [1.82, 2.24) is 20.2 Å². The van der Waals surface area contributed by atoms with E-state index < -0.39 is 0 Å². The number of carbonyl (C=O) groups is 2. The van der Waals surface area contributed by atoms with Crippen LogP contribution >= 0.6 is 0 Å². The fourth-order valence-electron chi connectivity index (χ4n) is 2.89. The van der Waals surface area contributed by atoms with Crippen LogP contribution in [-0.4, -0.2) is 66.5 Å². The maximum Gasteiger partial charge on any atom is 0.242 e. The molecule has 1 saturated heterocycles. The molecule has 2 amide bonds. The fraction of sp³-hybridized carbons (Fsp3) is 0.368. The van der Waals surface area contributed by atoms with Gasteiger partial charge in [0.25, 0.3) is 0 Å². The van der Waals surface area contributed by atoms with Crippen LogP contribution in [0.1, 0.15) is 5.56 Å². The lowest BCUT2D eigenvalue weighted by Crippen LogP contribution is -2.51. The van der Waals surface area contributed by atoms with Gasteiger partial charge in [0.05, 0.1) is 20.1 Å². The first-order chi connectivity index (χ1) is 13.2. The van der Waals surface area contributed by atoms with Gasteiger partial charge in [-0.3, -0.25) is 9.59 Å². The van der Waals surface area contributed by atoms with Gasteiger partial charge in [-0.1, -0.05) is 12.1 Å². The topological polar surface area (TPSA) is 87.7 Å². The summed E-state index contributed by atoms with van der Waals surface area (Å²) in [5.74, 6) is 1.17. The van der Waals surface area contributed by atoms with E-state index in [1.165, 1.54) is 0 Å². The van der Waals surface area contributed by atoms with Crippen LogP contribution < -0.4 is 15.0 Å². The molecule has 8 heteroatoms. The summed E-state index contributed by atoms with van der Waals surface area (Å²) in [5.41, 5.74) is 0.872. The largest absolute Gasteiger partial charge is 0.497 e. The van der Waals surface area contributed by atoms with Crippen LogP contribution in [0.4, 0.5) is 5.95 Å². The van der Waals surface area contributed by atoms with Gasteiger partial charge >= 0.3 is 0 Å². The number of piperazine rings is 1. The summed E-state index contributed by atoms with van der Waals surface area (Å²) in [6.45, 7) is 2.54. The quantitative estimate of drug-likeness (QED) is 0.798. The Kier molecular flexibility index (Phi) is 6.19. The smallest absolute Gasteiger partial charge is 0.242 e. The van der Waals surface area contributed by atoms with E-state index in [4.69, 9.17) is 4.74 Å². The molecular weight excluding hydrogens is 346 g/mol. The van der Waals surface area contributed by atoms with Crippen LogP contribution in [0.15, 0.2) is 42.7 Å². The Hall–Kier alpha value is -3.16. The Morgan fingerprint density at radius 1 is 1.07 bits per heavy atom. The highest BCUT2D eigenvalue weighted by Crippen LogP contribution is 2.12. The summed E-state index contributed by atoms with van der Waals surface area (Å²) in [7, 11) is 1.60. The molecule has 2 aromatic rings. The predicted octanol–water partition coefficient (Wildman–Crippen LogP) is 0.493. The number of nitrogens with one attached hydrogen (secondary N) is 1. The number of carbonyl (C=O) groups excluding carboxylic acids is 2. The Morgan fingerprint density at radius 2 is 1.74 bits per heavy atom. The fourth-order valence-corrected chi connectivity index (χ4v) is 2.89. The van der Waals surface area contributed by atoms with Gasteiger partial charge in [-0.2, -0.15) is 0 Å². The van der Waals surface area contributed by atoms with Gasteiger partial charge in [-0.05, 0) is 23.8 Å². The third-order valence-corrected chi connectivity index (χ3v) is 4.43. The normalized spacial score (nSPS) is 14.0. The maximum atomic E-state index is 12.3. The molecule has 1 aliphatic rings. The number of amides is 2. The summed E-state index contributed by atoms with van der Waals surface area (Å²) in [4.78, 5) is 36.6. The summed E-state index contributed by atoms with van der Waals surface area (Å²) < 4.78 is 5.09. The zero-order valence-corrected chi connectivity index (χ0v) is 15.3. The molecule has 8 nitrogen and oxygen atoms in total. The summed E-state index contributed by atoms with van der Waals surface area (Å²) in [5, 5.41) is 2.70. The van der Waals surface area contributed by atoms with Crippen LogP contribution in [0.5, 0.6) is 5.75 Å². The third-order valence-electron chi connectivity index (χ3n) is 4.43. The van der Waals surface area contributed by atoms with Crippen LogP contribution in [0, 0.1) is 0 Å². The first-order valence-electron chi connectivity index (χ1n) is 8.85. The number of hydrogen-bond donors (Lipinski definition) is 1. The first kappa shape index (κ1) is 18.6. The number of hydrogen-bond acceptors (Lipinski definition) is 6. The van der Waals surface area contributed by atoms with Gasteiger partial charge < -0.3 is 19.9 Å². The number of ether oxygens (including phenoxy) is 1. The molecule has 0 radical (unpaired) electrons. The molecule has 1 fully saturated rings. The molecular formula is C19H23N5O3. The number of methoxy groups -OCH3 is 1. The highest BCUT2D eigenvalue weighted by molar-refractivity contribution is 5.85. The van der Waals surface area contributed by atoms with Gasteiger partial charge in [-0.15, -0.1) is 0 Å². The lowest BCUT2D eigenvalue weighted by Gasteiger charge is -2.34. The van der Waals surface area contributed by atoms with Crippen molar-refractivity contribution >= 4 is 17.8 Å². The minimum absolute atomic E-state index is 0.0107. The van der Waals surface area contributed by atoms with E-state index in [1.807, 2.05) is 29.2 Å². The average molecular weight is 369 g/mol. The van der Waals surface area contributed by atoms with E-state index in [2.05, 4.69) is 15.3 Å². The van der Waals surface area contributed by atoms with Gasteiger partial charge in [0, 0.05) is 38.6 Å². The molecule has 0 aliphatic carbocycles. The molecule has 0 bridgehead atoms. The maximum absolute atomic E-state index is 12.3. The zero-order chi connectivity index (χ0) is 19.1. The lowest BCUT2D eigenvalue weighted by atomic mass is 10.1. The van der Waals surface area contributed by atoms with Crippen LogP contribution in [0.25, 0.3) is 0 Å². The highest BCUT2D eigenvalue weighted by atomic mass is 16.5. The highest BCUT2D eigenvalue weighted by Gasteiger charge is 2.22. The summed E-state index contributed by atoms with van der Waals surface area (Å²) >= 11 is 0. The zero-order valence-electron chi connectivity index (χ0n) is 15.3. The molecule has 2 heterocycles. The molecule has 1 aromatic carbocycles. The molecule has 1 aliphatic heterocycles. The SMILES string of the molecule is COc1ccc(CC(=O)NCC(=O)N2CCN(c3ncccn3)CC2)cc1. The molecule has 0 unspecified atom stereocenters. The molecule has 1 aromatic heterocycles. The first-order valence-corrected chi connectivity index (χ1v) is 8.85. The standard InChI is InChI=1S/C19H23N5O3/c1-27-16-5-3-15(4-6-16)13-17(25)22-14-18(26)23-9-11-24(12-10-23)19-20-7-2-8-21-19/h2-8H,9-14H2,1H3,(H,22,25). The van der Waals surface area contributed by atoms with Crippen molar-refractivity contribution in [3.8, 4) is 5.75 Å². The average Bonchev–Trinajstić information content (AvgIpc) is 2.73. The number of benzene rings is 1. The summed E-state index contributed by atoms with van der Waals surface area (Å²) in [6.07, 6.45) is 3.65. The third kappa shape index (κ3) is 5.16. The Morgan fingerprint density at radius 3 is 2.37 bits per heavy atom. The molecule has 1 N–H and O–H groups in total. The van der Waals surface area contributed by atoms with E-state index in [-0.39, 0.29) is 24.8 Å². The van der Waals surface area contributed by atoms with E-state index in [9.17, 15) is 9.59 Å². The van der Waals surface area contributed by atoms with E-state index >= 15 is 0 Å². The predicted molar refractivity (Wildman–Crippen MR) is 101 cm³/mol. The van der Waals surface area contributed by atoms with Crippen LogP contribution in [0.2, 0.25) is 0 Å². The molecule has 0 atom stereocenters. The molecule has 27 heavy (non-hydrogen) atoms. The number of anilines is 1. The van der Waals surface area contributed by atoms with E-state index in [1.54, 1.807) is 30.5 Å². The Balaban J connectivity index is 1.41. The van der Waals surface area contributed by atoms with Crippen molar-refractivity contribution in [2.45, 2.75) is 6.42 Å². The minimum atomic E-state index is -0.176.